The number of hydrogen-bond donors (Lipinski definition) is 1. The van der Waals surface area contributed by atoms with E-state index in [4.69, 9.17) is 4.74 Å². The minimum absolute atomic E-state index is 0.101. The second-order valence-corrected chi connectivity index (χ2v) is 5.28. The molecule has 0 amide bonds. The SMILES string of the molecule is CNC(C)c1cc(F)ccc1Oc1ccc(Br)cc1F. The topological polar surface area (TPSA) is 21.3 Å². The smallest absolute Gasteiger partial charge is 0.166 e. The lowest BCUT2D eigenvalue weighted by Gasteiger charge is -2.16. The molecule has 2 aromatic carbocycles. The Labute approximate surface area is 124 Å². The molecule has 2 nitrogen and oxygen atoms in total. The van der Waals surface area contributed by atoms with E-state index < -0.39 is 5.82 Å². The molecular formula is C15H14BrF2NO. The van der Waals surface area contributed by atoms with Gasteiger partial charge in [-0.1, -0.05) is 15.9 Å². The lowest BCUT2D eigenvalue weighted by atomic mass is 10.1. The summed E-state index contributed by atoms with van der Waals surface area (Å²) in [6.45, 7) is 1.87. The molecular weight excluding hydrogens is 328 g/mol. The van der Waals surface area contributed by atoms with Crippen LogP contribution >= 0.6 is 15.9 Å². The Kier molecular flexibility index (Phi) is 4.73. The van der Waals surface area contributed by atoms with Crippen molar-refractivity contribution in [3.05, 3.63) is 58.1 Å². The zero-order valence-corrected chi connectivity index (χ0v) is 12.7. The van der Waals surface area contributed by atoms with Crippen molar-refractivity contribution >= 4 is 15.9 Å². The highest BCUT2D eigenvalue weighted by Crippen LogP contribution is 2.32. The molecule has 1 N–H and O–H groups in total. The van der Waals surface area contributed by atoms with Gasteiger partial charge >= 0.3 is 0 Å². The Hall–Kier alpha value is -1.46. The molecule has 2 aromatic rings. The van der Waals surface area contributed by atoms with Crippen molar-refractivity contribution in [1.29, 1.82) is 0 Å². The maximum absolute atomic E-state index is 13.8. The minimum Gasteiger partial charge on any atom is -0.454 e. The highest BCUT2D eigenvalue weighted by Gasteiger charge is 2.14. The van der Waals surface area contributed by atoms with Gasteiger partial charge in [-0.2, -0.15) is 0 Å². The van der Waals surface area contributed by atoms with Crippen LogP contribution in [0, 0.1) is 11.6 Å². The zero-order valence-electron chi connectivity index (χ0n) is 11.1. The molecule has 0 saturated carbocycles. The van der Waals surface area contributed by atoms with Crippen LogP contribution in [-0.4, -0.2) is 7.05 Å². The van der Waals surface area contributed by atoms with E-state index in [-0.39, 0.29) is 17.6 Å². The highest BCUT2D eigenvalue weighted by atomic mass is 79.9. The fourth-order valence-corrected chi connectivity index (χ4v) is 2.12. The van der Waals surface area contributed by atoms with Gasteiger partial charge in [-0.05, 0) is 50.4 Å². The molecule has 0 aliphatic rings. The van der Waals surface area contributed by atoms with Crippen LogP contribution in [0.4, 0.5) is 8.78 Å². The Balaban J connectivity index is 2.37. The largest absolute Gasteiger partial charge is 0.454 e. The molecule has 0 heterocycles. The fraction of sp³-hybridized carbons (Fsp3) is 0.200. The molecule has 20 heavy (non-hydrogen) atoms. The Morgan fingerprint density at radius 3 is 2.45 bits per heavy atom. The number of rotatable bonds is 4. The van der Waals surface area contributed by atoms with Crippen LogP contribution < -0.4 is 10.1 Å². The van der Waals surface area contributed by atoms with Gasteiger partial charge in [0.05, 0.1) is 0 Å². The molecule has 0 spiro atoms. The van der Waals surface area contributed by atoms with E-state index in [0.717, 1.165) is 0 Å². The monoisotopic (exact) mass is 341 g/mol. The van der Waals surface area contributed by atoms with Crippen molar-refractivity contribution in [1.82, 2.24) is 5.32 Å². The maximum atomic E-state index is 13.8. The first-order valence-electron chi connectivity index (χ1n) is 6.11. The predicted molar refractivity (Wildman–Crippen MR) is 78.0 cm³/mol. The van der Waals surface area contributed by atoms with Crippen LogP contribution in [0.5, 0.6) is 11.5 Å². The summed E-state index contributed by atoms with van der Waals surface area (Å²) in [5, 5.41) is 3.01. The average molecular weight is 342 g/mol. The summed E-state index contributed by atoms with van der Waals surface area (Å²) in [6, 6.07) is 8.59. The molecule has 0 fully saturated rings. The van der Waals surface area contributed by atoms with Crippen LogP contribution in [0.2, 0.25) is 0 Å². The van der Waals surface area contributed by atoms with Crippen LogP contribution in [0.1, 0.15) is 18.5 Å². The number of benzene rings is 2. The molecule has 0 aliphatic carbocycles. The summed E-state index contributed by atoms with van der Waals surface area (Å²) >= 11 is 3.18. The summed E-state index contributed by atoms with van der Waals surface area (Å²) in [6.07, 6.45) is 0. The van der Waals surface area contributed by atoms with E-state index in [1.807, 2.05) is 6.92 Å². The molecule has 0 saturated heterocycles. The first-order chi connectivity index (χ1) is 9.51. The van der Waals surface area contributed by atoms with Gasteiger partial charge in [0.25, 0.3) is 0 Å². The highest BCUT2D eigenvalue weighted by molar-refractivity contribution is 9.10. The third-order valence-corrected chi connectivity index (χ3v) is 3.48. The van der Waals surface area contributed by atoms with Gasteiger partial charge in [0, 0.05) is 16.1 Å². The normalized spacial score (nSPS) is 12.2. The van der Waals surface area contributed by atoms with Crippen molar-refractivity contribution in [3.8, 4) is 11.5 Å². The number of halogens is 3. The summed E-state index contributed by atoms with van der Waals surface area (Å²) in [5.74, 6) is -0.309. The molecule has 0 aliphatic heterocycles. The second-order valence-electron chi connectivity index (χ2n) is 4.37. The van der Waals surface area contributed by atoms with Gasteiger partial charge in [0.1, 0.15) is 11.6 Å². The van der Waals surface area contributed by atoms with Crippen molar-refractivity contribution < 1.29 is 13.5 Å². The summed E-state index contributed by atoms with van der Waals surface area (Å²) in [5.41, 5.74) is 0.634. The van der Waals surface area contributed by atoms with E-state index in [9.17, 15) is 8.78 Å². The molecule has 0 aromatic heterocycles. The lowest BCUT2D eigenvalue weighted by molar-refractivity contribution is 0.429. The average Bonchev–Trinajstić information content (AvgIpc) is 2.42. The van der Waals surface area contributed by atoms with Gasteiger partial charge in [-0.15, -0.1) is 0 Å². The Morgan fingerprint density at radius 1 is 1.10 bits per heavy atom. The number of nitrogens with one attached hydrogen (secondary N) is 1. The van der Waals surface area contributed by atoms with E-state index in [1.54, 1.807) is 13.1 Å². The van der Waals surface area contributed by atoms with Crippen molar-refractivity contribution in [2.75, 3.05) is 7.05 Å². The van der Waals surface area contributed by atoms with Gasteiger partial charge < -0.3 is 10.1 Å². The number of ether oxygens (including phenoxy) is 1. The summed E-state index contributed by atoms with van der Waals surface area (Å²) in [4.78, 5) is 0. The zero-order chi connectivity index (χ0) is 14.7. The third kappa shape index (κ3) is 3.35. The van der Waals surface area contributed by atoms with Crippen LogP contribution in [0.3, 0.4) is 0 Å². The first kappa shape index (κ1) is 14.9. The van der Waals surface area contributed by atoms with E-state index in [2.05, 4.69) is 21.2 Å². The van der Waals surface area contributed by atoms with Crippen LogP contribution in [0.25, 0.3) is 0 Å². The van der Waals surface area contributed by atoms with Gasteiger partial charge in [-0.3, -0.25) is 0 Å². The molecule has 0 bridgehead atoms. The first-order valence-corrected chi connectivity index (χ1v) is 6.90. The lowest BCUT2D eigenvalue weighted by Crippen LogP contribution is -2.13. The van der Waals surface area contributed by atoms with Gasteiger partial charge in [0.2, 0.25) is 0 Å². The van der Waals surface area contributed by atoms with E-state index in [0.29, 0.717) is 15.8 Å². The summed E-state index contributed by atoms with van der Waals surface area (Å²) in [7, 11) is 1.76. The quantitative estimate of drug-likeness (QED) is 0.862. The van der Waals surface area contributed by atoms with Crippen LogP contribution in [0.15, 0.2) is 40.9 Å². The van der Waals surface area contributed by atoms with Gasteiger partial charge in [-0.25, -0.2) is 8.78 Å². The fourth-order valence-electron chi connectivity index (χ4n) is 1.78. The second kappa shape index (κ2) is 6.33. The third-order valence-electron chi connectivity index (χ3n) is 2.99. The molecule has 106 valence electrons. The molecule has 1 atom stereocenters. The van der Waals surface area contributed by atoms with Crippen LogP contribution in [-0.2, 0) is 0 Å². The summed E-state index contributed by atoms with van der Waals surface area (Å²) < 4.78 is 33.3. The van der Waals surface area contributed by atoms with E-state index in [1.165, 1.54) is 30.3 Å². The van der Waals surface area contributed by atoms with Crippen molar-refractivity contribution in [2.24, 2.45) is 0 Å². The van der Waals surface area contributed by atoms with Crippen molar-refractivity contribution in [3.63, 3.8) is 0 Å². The molecule has 1 unspecified atom stereocenters. The van der Waals surface area contributed by atoms with Gasteiger partial charge in [0.15, 0.2) is 11.6 Å². The molecule has 0 radical (unpaired) electrons. The Morgan fingerprint density at radius 2 is 1.80 bits per heavy atom. The number of hydrogen-bond acceptors (Lipinski definition) is 2. The Bertz CT molecular complexity index is 619. The molecule has 2 rings (SSSR count). The minimum atomic E-state index is -0.480. The van der Waals surface area contributed by atoms with Crippen molar-refractivity contribution in [2.45, 2.75) is 13.0 Å². The predicted octanol–water partition coefficient (Wildman–Crippen LogP) is 4.80. The molecule has 5 heteroatoms. The standard InChI is InChI=1S/C15H14BrF2NO/c1-9(19-2)12-8-11(17)4-6-14(12)20-15-5-3-10(16)7-13(15)18/h3-9,19H,1-2H3. The van der Waals surface area contributed by atoms with E-state index >= 15 is 0 Å². The maximum Gasteiger partial charge on any atom is 0.166 e.